The fraction of sp³-hybridized carbons (Fsp3) is 0.571. The molecule has 0 aromatic heterocycles. The third-order valence-electron chi connectivity index (χ3n) is 2.86. The standard InChI is InChI=1S/C14H22N2O/c1-14(2,3)17-16-13-8-9-15-10-11-6-4-5-7-12(11)13/h4-7,13,15-16H,8-10H2,1-3H3. The molecule has 1 aliphatic rings. The van der Waals surface area contributed by atoms with E-state index in [0.29, 0.717) is 0 Å². The van der Waals surface area contributed by atoms with E-state index in [0.717, 1.165) is 19.5 Å². The van der Waals surface area contributed by atoms with Gasteiger partial charge in [-0.1, -0.05) is 24.3 Å². The molecule has 0 saturated carbocycles. The normalized spacial score (nSPS) is 20.8. The molecule has 3 nitrogen and oxygen atoms in total. The van der Waals surface area contributed by atoms with Crippen LogP contribution in [-0.4, -0.2) is 12.1 Å². The molecule has 1 aliphatic heterocycles. The van der Waals surface area contributed by atoms with Crippen molar-refractivity contribution in [3.63, 3.8) is 0 Å². The van der Waals surface area contributed by atoms with Crippen LogP contribution in [0.5, 0.6) is 0 Å². The lowest BCUT2D eigenvalue weighted by molar-refractivity contribution is -0.0898. The van der Waals surface area contributed by atoms with Crippen molar-refractivity contribution in [1.29, 1.82) is 0 Å². The van der Waals surface area contributed by atoms with Crippen LogP contribution in [0.15, 0.2) is 24.3 Å². The molecule has 0 fully saturated rings. The van der Waals surface area contributed by atoms with Gasteiger partial charge in [-0.15, -0.1) is 0 Å². The molecule has 0 spiro atoms. The quantitative estimate of drug-likeness (QED) is 0.772. The summed E-state index contributed by atoms with van der Waals surface area (Å²) in [6, 6.07) is 8.83. The topological polar surface area (TPSA) is 33.3 Å². The molecule has 94 valence electrons. The zero-order valence-electron chi connectivity index (χ0n) is 10.9. The van der Waals surface area contributed by atoms with Crippen LogP contribution in [0.3, 0.4) is 0 Å². The molecule has 2 N–H and O–H groups in total. The Morgan fingerprint density at radius 1 is 1.29 bits per heavy atom. The highest BCUT2D eigenvalue weighted by atomic mass is 16.7. The lowest BCUT2D eigenvalue weighted by Crippen LogP contribution is -2.32. The molecule has 1 atom stereocenters. The molecular formula is C14H22N2O. The molecular weight excluding hydrogens is 212 g/mol. The smallest absolute Gasteiger partial charge is 0.0813 e. The zero-order valence-corrected chi connectivity index (χ0v) is 10.9. The minimum absolute atomic E-state index is 0.158. The Morgan fingerprint density at radius 3 is 2.82 bits per heavy atom. The molecule has 1 heterocycles. The molecule has 1 aromatic rings. The van der Waals surface area contributed by atoms with Crippen LogP contribution in [0.4, 0.5) is 0 Å². The SMILES string of the molecule is CC(C)(C)ONC1CCNCc2ccccc21. The molecule has 2 rings (SSSR count). The average Bonchev–Trinajstić information content (AvgIpc) is 2.47. The Bertz CT molecular complexity index is 371. The van der Waals surface area contributed by atoms with E-state index in [1.807, 2.05) is 0 Å². The molecule has 3 heteroatoms. The summed E-state index contributed by atoms with van der Waals surface area (Å²) in [6.07, 6.45) is 1.05. The third kappa shape index (κ3) is 3.53. The molecule has 0 bridgehead atoms. The number of benzene rings is 1. The lowest BCUT2D eigenvalue weighted by Gasteiger charge is -2.25. The van der Waals surface area contributed by atoms with Gasteiger partial charge in [-0.25, -0.2) is 0 Å². The number of nitrogens with one attached hydrogen (secondary N) is 2. The van der Waals surface area contributed by atoms with Gasteiger partial charge in [0.05, 0.1) is 11.6 Å². The fourth-order valence-corrected chi connectivity index (χ4v) is 2.03. The van der Waals surface area contributed by atoms with Crippen LogP contribution in [0.1, 0.15) is 44.4 Å². The van der Waals surface area contributed by atoms with Gasteiger partial charge >= 0.3 is 0 Å². The van der Waals surface area contributed by atoms with Crippen LogP contribution in [0.2, 0.25) is 0 Å². The van der Waals surface area contributed by atoms with Gasteiger partial charge in [0.2, 0.25) is 0 Å². The zero-order chi connectivity index (χ0) is 12.3. The second kappa shape index (κ2) is 5.17. The Morgan fingerprint density at radius 2 is 2.06 bits per heavy atom. The Labute approximate surface area is 104 Å². The van der Waals surface area contributed by atoms with E-state index in [1.165, 1.54) is 11.1 Å². The van der Waals surface area contributed by atoms with Crippen LogP contribution >= 0.6 is 0 Å². The largest absolute Gasteiger partial charge is 0.313 e. The van der Waals surface area contributed by atoms with Gasteiger partial charge in [-0.05, 0) is 44.9 Å². The first-order valence-corrected chi connectivity index (χ1v) is 6.28. The predicted molar refractivity (Wildman–Crippen MR) is 69.5 cm³/mol. The minimum Gasteiger partial charge on any atom is -0.313 e. The summed E-state index contributed by atoms with van der Waals surface area (Å²) < 4.78 is 0. The van der Waals surface area contributed by atoms with E-state index in [9.17, 15) is 0 Å². The van der Waals surface area contributed by atoms with Gasteiger partial charge < -0.3 is 5.32 Å². The molecule has 0 aliphatic carbocycles. The van der Waals surface area contributed by atoms with Crippen LogP contribution in [0.25, 0.3) is 0 Å². The summed E-state index contributed by atoms with van der Waals surface area (Å²) in [5.41, 5.74) is 5.77. The first-order chi connectivity index (χ1) is 8.06. The fourth-order valence-electron chi connectivity index (χ4n) is 2.03. The summed E-state index contributed by atoms with van der Waals surface area (Å²) in [5.74, 6) is 0. The molecule has 1 aromatic carbocycles. The first-order valence-electron chi connectivity index (χ1n) is 6.28. The van der Waals surface area contributed by atoms with Crippen molar-refractivity contribution in [3.8, 4) is 0 Å². The Balaban J connectivity index is 2.12. The van der Waals surface area contributed by atoms with Gasteiger partial charge in [0.15, 0.2) is 0 Å². The third-order valence-corrected chi connectivity index (χ3v) is 2.86. The predicted octanol–water partition coefficient (Wildman–Crippen LogP) is 2.54. The van der Waals surface area contributed by atoms with Crippen molar-refractivity contribution < 1.29 is 4.84 Å². The molecule has 17 heavy (non-hydrogen) atoms. The van der Waals surface area contributed by atoms with E-state index < -0.39 is 0 Å². The van der Waals surface area contributed by atoms with E-state index in [4.69, 9.17) is 4.84 Å². The summed E-state index contributed by atoms with van der Waals surface area (Å²) in [4.78, 5) is 5.70. The maximum Gasteiger partial charge on any atom is 0.0813 e. The molecule has 0 radical (unpaired) electrons. The van der Waals surface area contributed by atoms with Gasteiger partial charge in [0.25, 0.3) is 0 Å². The van der Waals surface area contributed by atoms with Crippen molar-refractivity contribution in [2.45, 2.75) is 45.4 Å². The Kier molecular flexibility index (Phi) is 3.82. The lowest BCUT2D eigenvalue weighted by atomic mass is 10.0. The van der Waals surface area contributed by atoms with E-state index in [1.54, 1.807) is 0 Å². The number of hydrogen-bond donors (Lipinski definition) is 2. The van der Waals surface area contributed by atoms with E-state index >= 15 is 0 Å². The summed E-state index contributed by atoms with van der Waals surface area (Å²) in [7, 11) is 0. The number of hydrogen-bond acceptors (Lipinski definition) is 3. The van der Waals surface area contributed by atoms with Crippen molar-refractivity contribution in [2.24, 2.45) is 0 Å². The van der Waals surface area contributed by atoms with Gasteiger partial charge in [-0.3, -0.25) is 4.84 Å². The highest BCUT2D eigenvalue weighted by Gasteiger charge is 2.20. The van der Waals surface area contributed by atoms with Gasteiger partial charge in [-0.2, -0.15) is 5.48 Å². The van der Waals surface area contributed by atoms with E-state index in [-0.39, 0.29) is 11.6 Å². The first kappa shape index (κ1) is 12.6. The molecule has 1 unspecified atom stereocenters. The molecule has 0 saturated heterocycles. The highest BCUT2D eigenvalue weighted by Crippen LogP contribution is 2.24. The van der Waals surface area contributed by atoms with E-state index in [2.05, 4.69) is 55.8 Å². The van der Waals surface area contributed by atoms with Crippen LogP contribution < -0.4 is 10.8 Å². The van der Waals surface area contributed by atoms with Crippen LogP contribution in [0, 0.1) is 0 Å². The summed E-state index contributed by atoms with van der Waals surface area (Å²) in [5, 5.41) is 3.44. The van der Waals surface area contributed by atoms with Gasteiger partial charge in [0, 0.05) is 6.54 Å². The number of fused-ring (bicyclic) bond motifs is 1. The van der Waals surface area contributed by atoms with Gasteiger partial charge in [0.1, 0.15) is 0 Å². The summed E-state index contributed by atoms with van der Waals surface area (Å²) >= 11 is 0. The van der Waals surface area contributed by atoms with Crippen LogP contribution in [-0.2, 0) is 11.4 Å². The molecule has 0 amide bonds. The number of hydroxylamine groups is 1. The monoisotopic (exact) mass is 234 g/mol. The summed E-state index contributed by atoms with van der Waals surface area (Å²) in [6.45, 7) is 8.13. The van der Waals surface area contributed by atoms with Crippen molar-refractivity contribution >= 4 is 0 Å². The second-order valence-corrected chi connectivity index (χ2v) is 5.55. The second-order valence-electron chi connectivity index (χ2n) is 5.55. The minimum atomic E-state index is -0.158. The average molecular weight is 234 g/mol. The van der Waals surface area contributed by atoms with Crippen molar-refractivity contribution in [3.05, 3.63) is 35.4 Å². The maximum absolute atomic E-state index is 5.70. The highest BCUT2D eigenvalue weighted by molar-refractivity contribution is 5.30. The van der Waals surface area contributed by atoms with Crippen molar-refractivity contribution in [1.82, 2.24) is 10.8 Å². The Hall–Kier alpha value is -0.900. The number of rotatable bonds is 2. The van der Waals surface area contributed by atoms with Crippen molar-refractivity contribution in [2.75, 3.05) is 6.54 Å². The maximum atomic E-state index is 5.70.